The van der Waals surface area contributed by atoms with Gasteiger partial charge in [-0.05, 0) is 57.2 Å². The zero-order valence-corrected chi connectivity index (χ0v) is 12.6. The normalized spacial score (nSPS) is 12.1. The SMILES string of the molecule is Cc1cc(S(=O)(=O)NCCCN(C)C)ccc1CN. The Balaban J connectivity index is 2.69. The minimum absolute atomic E-state index is 0.298. The molecule has 0 aromatic heterocycles. The summed E-state index contributed by atoms with van der Waals surface area (Å²) >= 11 is 0. The summed E-state index contributed by atoms with van der Waals surface area (Å²) in [6, 6.07) is 5.03. The van der Waals surface area contributed by atoms with E-state index in [4.69, 9.17) is 5.73 Å². The van der Waals surface area contributed by atoms with Crippen LogP contribution in [0.2, 0.25) is 0 Å². The van der Waals surface area contributed by atoms with Gasteiger partial charge in [0.25, 0.3) is 0 Å². The number of hydrogen-bond acceptors (Lipinski definition) is 4. The maximum absolute atomic E-state index is 12.1. The van der Waals surface area contributed by atoms with Crippen LogP contribution in [-0.4, -0.2) is 40.5 Å². The second-order valence-electron chi connectivity index (χ2n) is 4.85. The first-order valence-electron chi connectivity index (χ1n) is 6.31. The fraction of sp³-hybridized carbons (Fsp3) is 0.538. The number of rotatable bonds is 7. The number of sulfonamides is 1. The Hall–Kier alpha value is -0.950. The molecule has 0 heterocycles. The van der Waals surface area contributed by atoms with Crippen LogP contribution >= 0.6 is 0 Å². The number of nitrogens with one attached hydrogen (secondary N) is 1. The van der Waals surface area contributed by atoms with E-state index in [1.807, 2.05) is 25.9 Å². The summed E-state index contributed by atoms with van der Waals surface area (Å²) in [4.78, 5) is 2.32. The third-order valence-electron chi connectivity index (χ3n) is 2.92. The monoisotopic (exact) mass is 285 g/mol. The van der Waals surface area contributed by atoms with Gasteiger partial charge in [0, 0.05) is 13.1 Å². The van der Waals surface area contributed by atoms with Crippen LogP contribution in [0.4, 0.5) is 0 Å². The van der Waals surface area contributed by atoms with Gasteiger partial charge in [0.2, 0.25) is 10.0 Å². The van der Waals surface area contributed by atoms with Crippen molar-refractivity contribution in [1.29, 1.82) is 0 Å². The second kappa shape index (κ2) is 7.00. The van der Waals surface area contributed by atoms with E-state index in [0.717, 1.165) is 24.1 Å². The van der Waals surface area contributed by atoms with Crippen LogP contribution in [0.1, 0.15) is 17.5 Å². The number of benzene rings is 1. The Morgan fingerprint density at radius 1 is 1.32 bits per heavy atom. The fourth-order valence-electron chi connectivity index (χ4n) is 1.75. The van der Waals surface area contributed by atoms with E-state index in [1.54, 1.807) is 18.2 Å². The first kappa shape index (κ1) is 16.1. The van der Waals surface area contributed by atoms with Crippen molar-refractivity contribution in [2.45, 2.75) is 24.8 Å². The lowest BCUT2D eigenvalue weighted by Gasteiger charge is -2.11. The van der Waals surface area contributed by atoms with Gasteiger partial charge >= 0.3 is 0 Å². The maximum Gasteiger partial charge on any atom is 0.240 e. The van der Waals surface area contributed by atoms with Crippen molar-refractivity contribution >= 4 is 10.0 Å². The molecule has 3 N–H and O–H groups in total. The topological polar surface area (TPSA) is 75.4 Å². The molecule has 0 atom stereocenters. The Morgan fingerprint density at radius 3 is 2.53 bits per heavy atom. The minimum atomic E-state index is -3.42. The molecule has 5 nitrogen and oxygen atoms in total. The highest BCUT2D eigenvalue weighted by atomic mass is 32.2. The molecule has 6 heteroatoms. The quantitative estimate of drug-likeness (QED) is 0.723. The first-order valence-corrected chi connectivity index (χ1v) is 7.79. The van der Waals surface area contributed by atoms with Gasteiger partial charge in [-0.15, -0.1) is 0 Å². The lowest BCUT2D eigenvalue weighted by Crippen LogP contribution is -2.27. The average molecular weight is 285 g/mol. The maximum atomic E-state index is 12.1. The van der Waals surface area contributed by atoms with Crippen molar-refractivity contribution in [2.24, 2.45) is 5.73 Å². The summed E-state index contributed by atoms with van der Waals surface area (Å²) in [5, 5.41) is 0. The highest BCUT2D eigenvalue weighted by molar-refractivity contribution is 7.89. The molecule has 1 aromatic carbocycles. The predicted octanol–water partition coefficient (Wildman–Crippen LogP) is 0.684. The molecular formula is C13H23N3O2S. The molecule has 0 aliphatic carbocycles. The number of nitrogens with two attached hydrogens (primary N) is 1. The van der Waals surface area contributed by atoms with Gasteiger partial charge < -0.3 is 10.6 Å². The van der Waals surface area contributed by atoms with E-state index >= 15 is 0 Å². The van der Waals surface area contributed by atoms with Gasteiger partial charge in [-0.1, -0.05) is 6.07 Å². The summed E-state index contributed by atoms with van der Waals surface area (Å²) in [6.45, 7) is 3.58. The lowest BCUT2D eigenvalue weighted by molar-refractivity contribution is 0.400. The Labute approximate surface area is 115 Å². The van der Waals surface area contributed by atoms with E-state index in [9.17, 15) is 8.42 Å². The molecule has 0 saturated carbocycles. The van der Waals surface area contributed by atoms with Crippen molar-refractivity contribution in [3.8, 4) is 0 Å². The molecule has 0 fully saturated rings. The highest BCUT2D eigenvalue weighted by Crippen LogP contribution is 2.14. The van der Waals surface area contributed by atoms with Crippen molar-refractivity contribution < 1.29 is 8.42 Å². The van der Waals surface area contributed by atoms with E-state index in [2.05, 4.69) is 4.72 Å². The molecule has 0 unspecified atom stereocenters. The Morgan fingerprint density at radius 2 is 2.00 bits per heavy atom. The van der Waals surface area contributed by atoms with E-state index in [0.29, 0.717) is 18.0 Å². The van der Waals surface area contributed by atoms with E-state index in [1.165, 1.54) is 0 Å². The highest BCUT2D eigenvalue weighted by Gasteiger charge is 2.14. The summed E-state index contributed by atoms with van der Waals surface area (Å²) in [5.74, 6) is 0. The van der Waals surface area contributed by atoms with Crippen molar-refractivity contribution in [1.82, 2.24) is 9.62 Å². The molecule has 0 radical (unpaired) electrons. The zero-order chi connectivity index (χ0) is 14.5. The van der Waals surface area contributed by atoms with Gasteiger partial charge in [0.1, 0.15) is 0 Å². The standard InChI is InChI=1S/C13H23N3O2S/c1-11-9-13(6-5-12(11)10-14)19(17,18)15-7-4-8-16(2)3/h5-6,9,15H,4,7-8,10,14H2,1-3H3. The van der Waals surface area contributed by atoms with Gasteiger partial charge in [0.05, 0.1) is 4.90 Å². The van der Waals surface area contributed by atoms with Gasteiger partial charge in [-0.25, -0.2) is 13.1 Å². The third kappa shape index (κ3) is 4.91. The molecule has 19 heavy (non-hydrogen) atoms. The van der Waals surface area contributed by atoms with Crippen molar-refractivity contribution in [3.63, 3.8) is 0 Å². The largest absolute Gasteiger partial charge is 0.326 e. The van der Waals surface area contributed by atoms with Gasteiger partial charge in [0.15, 0.2) is 0 Å². The summed E-state index contributed by atoms with van der Waals surface area (Å²) < 4.78 is 26.8. The van der Waals surface area contributed by atoms with E-state index in [-0.39, 0.29) is 0 Å². The molecular weight excluding hydrogens is 262 g/mol. The first-order chi connectivity index (χ1) is 8.86. The number of hydrogen-bond donors (Lipinski definition) is 2. The second-order valence-corrected chi connectivity index (χ2v) is 6.61. The zero-order valence-electron chi connectivity index (χ0n) is 11.8. The van der Waals surface area contributed by atoms with E-state index < -0.39 is 10.0 Å². The van der Waals surface area contributed by atoms with Crippen LogP contribution in [0, 0.1) is 6.92 Å². The Bertz CT molecular complexity index is 513. The summed E-state index contributed by atoms with van der Waals surface area (Å²) in [7, 11) is 0.508. The molecule has 0 aliphatic rings. The summed E-state index contributed by atoms with van der Waals surface area (Å²) in [6.07, 6.45) is 0.784. The van der Waals surface area contributed by atoms with Crippen LogP contribution in [-0.2, 0) is 16.6 Å². The molecule has 0 bridgehead atoms. The van der Waals surface area contributed by atoms with Crippen LogP contribution in [0.25, 0.3) is 0 Å². The van der Waals surface area contributed by atoms with Crippen LogP contribution < -0.4 is 10.5 Å². The van der Waals surface area contributed by atoms with Crippen LogP contribution in [0.3, 0.4) is 0 Å². The van der Waals surface area contributed by atoms with Crippen molar-refractivity contribution in [2.75, 3.05) is 27.2 Å². The predicted molar refractivity (Wildman–Crippen MR) is 77.4 cm³/mol. The fourth-order valence-corrected chi connectivity index (χ4v) is 2.91. The average Bonchev–Trinajstić information content (AvgIpc) is 2.34. The molecule has 0 spiro atoms. The number of aryl methyl sites for hydroxylation is 1. The third-order valence-corrected chi connectivity index (χ3v) is 4.38. The molecule has 0 aliphatic heterocycles. The minimum Gasteiger partial charge on any atom is -0.326 e. The molecule has 1 rings (SSSR count). The molecule has 108 valence electrons. The molecule has 0 amide bonds. The molecule has 0 saturated heterocycles. The van der Waals surface area contributed by atoms with Crippen LogP contribution in [0.5, 0.6) is 0 Å². The van der Waals surface area contributed by atoms with Gasteiger partial charge in [-0.3, -0.25) is 0 Å². The lowest BCUT2D eigenvalue weighted by atomic mass is 10.1. The van der Waals surface area contributed by atoms with Gasteiger partial charge in [-0.2, -0.15) is 0 Å². The number of nitrogens with zero attached hydrogens (tertiary/aromatic N) is 1. The summed E-state index contributed by atoms with van der Waals surface area (Å²) in [5.41, 5.74) is 7.43. The smallest absolute Gasteiger partial charge is 0.240 e. The Kier molecular flexibility index (Phi) is 5.93. The van der Waals surface area contributed by atoms with Crippen molar-refractivity contribution in [3.05, 3.63) is 29.3 Å². The molecule has 1 aromatic rings. The van der Waals surface area contributed by atoms with Crippen LogP contribution in [0.15, 0.2) is 23.1 Å².